The van der Waals surface area contributed by atoms with Crippen LogP contribution in [-0.4, -0.2) is 86.0 Å². The fourth-order valence-corrected chi connectivity index (χ4v) is 3.84. The summed E-state index contributed by atoms with van der Waals surface area (Å²) in [6, 6.07) is 9.71. The minimum atomic E-state index is -0.584. The maximum Gasteiger partial charge on any atom is 0.410 e. The topological polar surface area (TPSA) is 117 Å². The predicted octanol–water partition coefficient (Wildman–Crippen LogP) is 2.41. The molecule has 0 radical (unpaired) electrons. The highest BCUT2D eigenvalue weighted by Gasteiger charge is 2.28. The van der Waals surface area contributed by atoms with Gasteiger partial charge in [-0.2, -0.15) is 0 Å². The van der Waals surface area contributed by atoms with E-state index in [2.05, 4.69) is 10.6 Å². The first-order valence-corrected chi connectivity index (χ1v) is 12.7. The van der Waals surface area contributed by atoms with Crippen LogP contribution in [0.5, 0.6) is 0 Å². The zero-order valence-corrected chi connectivity index (χ0v) is 23.0. The number of rotatable bonds is 11. The van der Waals surface area contributed by atoms with Gasteiger partial charge in [-0.05, 0) is 45.3 Å². The van der Waals surface area contributed by atoms with Crippen LogP contribution in [0.1, 0.15) is 39.2 Å². The zero-order valence-electron chi connectivity index (χ0n) is 23.0. The van der Waals surface area contributed by atoms with E-state index in [0.29, 0.717) is 25.9 Å². The summed E-state index contributed by atoms with van der Waals surface area (Å²) in [6.07, 6.45) is 4.37. The van der Waals surface area contributed by atoms with E-state index in [1.54, 1.807) is 23.0 Å². The Morgan fingerprint density at radius 2 is 1.84 bits per heavy atom. The lowest BCUT2D eigenvalue weighted by atomic mass is 10.1. The number of aldehydes is 1. The molecule has 0 spiro atoms. The average Bonchev–Trinajstić information content (AvgIpc) is 2.88. The third kappa shape index (κ3) is 10.8. The minimum absolute atomic E-state index is 0.155. The molecule has 1 aliphatic heterocycles. The van der Waals surface area contributed by atoms with Gasteiger partial charge >= 0.3 is 6.09 Å². The lowest BCUT2D eigenvalue weighted by Crippen LogP contribution is -2.45. The molecule has 1 saturated heterocycles. The molecule has 1 unspecified atom stereocenters. The molecule has 10 heteroatoms. The van der Waals surface area contributed by atoms with Gasteiger partial charge in [0.25, 0.3) is 11.8 Å². The Kier molecular flexibility index (Phi) is 12.0. The Hall–Kier alpha value is -3.66. The van der Waals surface area contributed by atoms with Gasteiger partial charge in [0.1, 0.15) is 5.60 Å². The van der Waals surface area contributed by atoms with Crippen LogP contribution < -0.4 is 10.6 Å². The minimum Gasteiger partial charge on any atom is -0.444 e. The van der Waals surface area contributed by atoms with Crippen molar-refractivity contribution in [1.82, 2.24) is 20.4 Å². The quantitative estimate of drug-likeness (QED) is 0.113. The zero-order chi connectivity index (χ0) is 28.1. The molecule has 1 aromatic carbocycles. The highest BCUT2D eigenvalue weighted by Crippen LogP contribution is 2.17. The number of piperidine rings is 1. The molecule has 38 heavy (non-hydrogen) atoms. The van der Waals surface area contributed by atoms with Crippen molar-refractivity contribution in [2.45, 2.75) is 51.9 Å². The maximum atomic E-state index is 13.0. The molecule has 1 atom stereocenters. The number of carbonyl (C=O) groups is 4. The number of likely N-dealkylation sites (tertiary alicyclic amines) is 1. The smallest absolute Gasteiger partial charge is 0.410 e. The lowest BCUT2D eigenvalue weighted by Gasteiger charge is -2.34. The van der Waals surface area contributed by atoms with Gasteiger partial charge in [-0.1, -0.05) is 30.3 Å². The number of carbonyl (C=O) groups excluding carboxylic acids is 4. The molecular weight excluding hydrogens is 488 g/mol. The molecule has 1 heterocycles. The number of hydrogen-bond acceptors (Lipinski definition) is 7. The summed E-state index contributed by atoms with van der Waals surface area (Å²) >= 11 is 0. The van der Waals surface area contributed by atoms with Crippen LogP contribution in [0.2, 0.25) is 0 Å². The number of hydrogen-bond donors (Lipinski definition) is 2. The lowest BCUT2D eigenvalue weighted by molar-refractivity contribution is -0.119. The van der Waals surface area contributed by atoms with Crippen molar-refractivity contribution in [2.75, 3.05) is 40.3 Å². The van der Waals surface area contributed by atoms with Crippen LogP contribution in [0.4, 0.5) is 4.79 Å². The SMILES string of the molecule is CNC(=O)/C(C=O)=C/C(=C\N(C)Cc1ccccc1)C(=O)NCCOC1CCCN(C(=O)OC(C)(C)C)C1. The number of nitrogens with zero attached hydrogens (tertiary/aromatic N) is 2. The van der Waals surface area contributed by atoms with E-state index >= 15 is 0 Å². The van der Waals surface area contributed by atoms with Gasteiger partial charge in [-0.25, -0.2) is 4.79 Å². The van der Waals surface area contributed by atoms with E-state index in [4.69, 9.17) is 9.47 Å². The van der Waals surface area contributed by atoms with Gasteiger partial charge in [-0.15, -0.1) is 0 Å². The Bertz CT molecular complexity index is 1020. The van der Waals surface area contributed by atoms with E-state index in [1.807, 2.05) is 51.1 Å². The molecule has 2 rings (SSSR count). The Morgan fingerprint density at radius 1 is 1.13 bits per heavy atom. The largest absolute Gasteiger partial charge is 0.444 e. The molecule has 3 amide bonds. The second kappa shape index (κ2) is 14.9. The number of benzene rings is 1. The predicted molar refractivity (Wildman–Crippen MR) is 144 cm³/mol. The Labute approximate surface area is 225 Å². The van der Waals surface area contributed by atoms with E-state index in [1.165, 1.54) is 13.1 Å². The van der Waals surface area contributed by atoms with Crippen molar-refractivity contribution in [1.29, 1.82) is 0 Å². The second-order valence-corrected chi connectivity index (χ2v) is 10.1. The third-order valence-corrected chi connectivity index (χ3v) is 5.59. The van der Waals surface area contributed by atoms with E-state index < -0.39 is 17.4 Å². The van der Waals surface area contributed by atoms with E-state index in [-0.39, 0.29) is 36.5 Å². The van der Waals surface area contributed by atoms with Crippen LogP contribution in [0.15, 0.2) is 53.8 Å². The molecule has 0 aromatic heterocycles. The molecule has 1 aliphatic rings. The summed E-state index contributed by atoms with van der Waals surface area (Å²) in [5, 5.41) is 5.18. The van der Waals surface area contributed by atoms with Gasteiger partial charge in [-0.3, -0.25) is 14.4 Å². The van der Waals surface area contributed by atoms with Crippen molar-refractivity contribution in [2.24, 2.45) is 0 Å². The molecule has 2 N–H and O–H groups in total. The van der Waals surface area contributed by atoms with E-state index in [9.17, 15) is 19.2 Å². The molecule has 10 nitrogen and oxygen atoms in total. The first-order valence-electron chi connectivity index (χ1n) is 12.7. The maximum absolute atomic E-state index is 13.0. The summed E-state index contributed by atoms with van der Waals surface area (Å²) in [5.74, 6) is -1.03. The second-order valence-electron chi connectivity index (χ2n) is 10.1. The van der Waals surface area contributed by atoms with Crippen molar-refractivity contribution >= 4 is 24.2 Å². The number of amides is 3. The number of likely N-dealkylation sites (N-methyl/N-ethyl adjacent to an activating group) is 1. The first kappa shape index (κ1) is 30.6. The fourth-order valence-electron chi connectivity index (χ4n) is 3.84. The summed E-state index contributed by atoms with van der Waals surface area (Å²) in [7, 11) is 3.22. The van der Waals surface area contributed by atoms with Crippen molar-refractivity contribution < 1.29 is 28.7 Å². The monoisotopic (exact) mass is 528 g/mol. The highest BCUT2D eigenvalue weighted by molar-refractivity contribution is 6.12. The summed E-state index contributed by atoms with van der Waals surface area (Å²) in [4.78, 5) is 52.3. The van der Waals surface area contributed by atoms with Crippen molar-refractivity contribution in [3.8, 4) is 0 Å². The summed E-state index contributed by atoms with van der Waals surface area (Å²) < 4.78 is 11.4. The van der Waals surface area contributed by atoms with Gasteiger partial charge < -0.3 is 29.9 Å². The van der Waals surface area contributed by atoms with Crippen LogP contribution in [0.25, 0.3) is 0 Å². The molecule has 1 fully saturated rings. The van der Waals surface area contributed by atoms with Gasteiger partial charge in [0.15, 0.2) is 6.29 Å². The van der Waals surface area contributed by atoms with Crippen LogP contribution in [0, 0.1) is 0 Å². The van der Waals surface area contributed by atoms with Gasteiger partial charge in [0.05, 0.1) is 30.4 Å². The molecule has 208 valence electrons. The van der Waals surface area contributed by atoms with Gasteiger partial charge in [0.2, 0.25) is 0 Å². The van der Waals surface area contributed by atoms with Crippen LogP contribution in [0.3, 0.4) is 0 Å². The van der Waals surface area contributed by atoms with Crippen LogP contribution in [-0.2, 0) is 30.4 Å². The normalized spacial score (nSPS) is 16.4. The van der Waals surface area contributed by atoms with Crippen LogP contribution >= 0.6 is 0 Å². The fraction of sp³-hybridized carbons (Fsp3) is 0.500. The first-order chi connectivity index (χ1) is 18.0. The number of nitrogens with one attached hydrogen (secondary N) is 2. The van der Waals surface area contributed by atoms with Gasteiger partial charge in [0, 0.05) is 39.9 Å². The molecule has 1 aromatic rings. The Balaban J connectivity index is 1.98. The summed E-state index contributed by atoms with van der Waals surface area (Å²) in [6.45, 7) is 7.52. The standard InChI is InChI=1S/C28H40N4O6/c1-28(2,3)38-27(36)32-14-9-12-24(19-32)37-15-13-30-26(35)22(16-23(20-33)25(34)29-4)18-31(5)17-21-10-7-6-8-11-21/h6-8,10-11,16,18,20,24H,9,12-15,17,19H2,1-5H3,(H,29,34)(H,30,35)/b22-18+,23-16+. The molecule has 0 saturated carbocycles. The summed E-state index contributed by atoms with van der Waals surface area (Å²) in [5.41, 5.74) is 0.467. The van der Waals surface area contributed by atoms with E-state index in [0.717, 1.165) is 18.4 Å². The highest BCUT2D eigenvalue weighted by atomic mass is 16.6. The molecule has 0 bridgehead atoms. The Morgan fingerprint density at radius 3 is 2.47 bits per heavy atom. The average molecular weight is 529 g/mol. The van der Waals surface area contributed by atoms with Crippen molar-refractivity contribution in [3.05, 3.63) is 59.3 Å². The number of ether oxygens (including phenoxy) is 2. The van der Waals surface area contributed by atoms with Crippen molar-refractivity contribution in [3.63, 3.8) is 0 Å². The molecular formula is C28H40N4O6. The third-order valence-electron chi connectivity index (χ3n) is 5.59. The molecule has 0 aliphatic carbocycles.